The number of nitrogen functional groups attached to an aromatic ring is 1. The molecule has 7 nitrogen and oxygen atoms in total. The summed E-state index contributed by atoms with van der Waals surface area (Å²) in [5, 5.41) is 13.9. The minimum atomic E-state index is -0.611. The summed E-state index contributed by atoms with van der Waals surface area (Å²) >= 11 is 0. The van der Waals surface area contributed by atoms with Crippen LogP contribution in [-0.4, -0.2) is 15.8 Å². The third-order valence-corrected chi connectivity index (χ3v) is 3.63. The van der Waals surface area contributed by atoms with Crippen molar-refractivity contribution in [2.24, 2.45) is 0 Å². The second-order valence-corrected chi connectivity index (χ2v) is 5.12. The lowest BCUT2D eigenvalue weighted by molar-refractivity contribution is -0.385. The van der Waals surface area contributed by atoms with Gasteiger partial charge in [-0.25, -0.2) is 0 Å². The topological polar surface area (TPSA) is 111 Å². The fourth-order valence-corrected chi connectivity index (χ4v) is 2.46. The molecular weight excluding hydrogens is 296 g/mol. The molecule has 0 saturated carbocycles. The number of hydrogen-bond acceptors (Lipinski definition) is 5. The van der Waals surface area contributed by atoms with Gasteiger partial charge in [-0.1, -0.05) is 13.0 Å². The van der Waals surface area contributed by atoms with Crippen LogP contribution in [0.3, 0.4) is 0 Å². The zero-order valence-corrected chi connectivity index (χ0v) is 12.9. The molecule has 2 rings (SSSR count). The first-order chi connectivity index (χ1) is 11.0. The van der Waals surface area contributed by atoms with E-state index < -0.39 is 10.8 Å². The van der Waals surface area contributed by atoms with Crippen molar-refractivity contribution < 1.29 is 9.72 Å². The largest absolute Gasteiger partial charge is 0.398 e. The average molecular weight is 314 g/mol. The number of benzene rings is 1. The molecule has 0 unspecified atom stereocenters. The summed E-state index contributed by atoms with van der Waals surface area (Å²) in [4.78, 5) is 27.0. The standard InChI is InChI=1S/C16H18N4O3/c1-3-11-9-18-8-7-12(11)10(2)19-16(21)15-13(17)5-4-6-14(15)20(22)23/h4-10H,3,17H2,1-2H3,(H,19,21)/t10-/m0/s1. The van der Waals surface area contributed by atoms with Crippen molar-refractivity contribution in [3.8, 4) is 0 Å². The number of carbonyl (C=O) groups is 1. The molecule has 0 saturated heterocycles. The molecule has 1 aromatic carbocycles. The van der Waals surface area contributed by atoms with Crippen LogP contribution in [0.5, 0.6) is 0 Å². The maximum atomic E-state index is 12.5. The van der Waals surface area contributed by atoms with Gasteiger partial charge in [0, 0.05) is 18.5 Å². The van der Waals surface area contributed by atoms with Crippen LogP contribution in [0.25, 0.3) is 0 Å². The van der Waals surface area contributed by atoms with Gasteiger partial charge in [0.05, 0.1) is 16.7 Å². The molecule has 0 fully saturated rings. The molecule has 1 atom stereocenters. The number of nitrogens with one attached hydrogen (secondary N) is 1. The number of aromatic nitrogens is 1. The number of anilines is 1. The van der Waals surface area contributed by atoms with Gasteiger partial charge in [-0.05, 0) is 36.6 Å². The summed E-state index contributed by atoms with van der Waals surface area (Å²) in [7, 11) is 0. The predicted molar refractivity (Wildman–Crippen MR) is 87.0 cm³/mol. The molecule has 120 valence electrons. The Hall–Kier alpha value is -2.96. The van der Waals surface area contributed by atoms with Crippen LogP contribution >= 0.6 is 0 Å². The highest BCUT2D eigenvalue weighted by Gasteiger charge is 2.24. The molecule has 23 heavy (non-hydrogen) atoms. The average Bonchev–Trinajstić information content (AvgIpc) is 2.54. The smallest absolute Gasteiger partial charge is 0.284 e. The summed E-state index contributed by atoms with van der Waals surface area (Å²) in [6, 6.07) is 5.69. The third-order valence-electron chi connectivity index (χ3n) is 3.63. The van der Waals surface area contributed by atoms with Crippen LogP contribution in [0, 0.1) is 10.1 Å². The number of nitrogens with two attached hydrogens (primary N) is 1. The number of aryl methyl sites for hydroxylation is 1. The fourth-order valence-electron chi connectivity index (χ4n) is 2.46. The number of amides is 1. The quantitative estimate of drug-likeness (QED) is 0.500. The number of pyridine rings is 1. The Balaban J connectivity index is 2.31. The van der Waals surface area contributed by atoms with Gasteiger partial charge in [-0.2, -0.15) is 0 Å². The lowest BCUT2D eigenvalue weighted by atomic mass is 10.0. The van der Waals surface area contributed by atoms with Gasteiger partial charge in [-0.3, -0.25) is 19.9 Å². The molecule has 0 aliphatic heterocycles. The summed E-state index contributed by atoms with van der Waals surface area (Å²) < 4.78 is 0. The zero-order chi connectivity index (χ0) is 17.0. The first-order valence-corrected chi connectivity index (χ1v) is 7.22. The van der Waals surface area contributed by atoms with Crippen LogP contribution in [0.15, 0.2) is 36.7 Å². The lowest BCUT2D eigenvalue weighted by Gasteiger charge is -2.17. The zero-order valence-electron chi connectivity index (χ0n) is 12.9. The molecule has 1 aromatic heterocycles. The highest BCUT2D eigenvalue weighted by Crippen LogP contribution is 2.25. The first-order valence-electron chi connectivity index (χ1n) is 7.22. The maximum Gasteiger partial charge on any atom is 0.284 e. The summed E-state index contributed by atoms with van der Waals surface area (Å²) in [6.45, 7) is 3.81. The highest BCUT2D eigenvalue weighted by atomic mass is 16.6. The van der Waals surface area contributed by atoms with Gasteiger partial charge >= 0.3 is 0 Å². The Morgan fingerprint density at radius 1 is 1.43 bits per heavy atom. The molecule has 1 heterocycles. The van der Waals surface area contributed by atoms with Crippen molar-refractivity contribution in [2.45, 2.75) is 26.3 Å². The predicted octanol–water partition coefficient (Wildman–Crippen LogP) is 2.63. The second-order valence-electron chi connectivity index (χ2n) is 5.12. The van der Waals surface area contributed by atoms with Crippen molar-refractivity contribution in [1.82, 2.24) is 10.3 Å². The van der Waals surface area contributed by atoms with Crippen LogP contribution in [-0.2, 0) is 6.42 Å². The molecule has 7 heteroatoms. The van der Waals surface area contributed by atoms with Crippen LogP contribution in [0.2, 0.25) is 0 Å². The van der Waals surface area contributed by atoms with E-state index in [0.717, 1.165) is 17.5 Å². The van der Waals surface area contributed by atoms with Crippen molar-refractivity contribution in [3.05, 3.63) is 63.5 Å². The summed E-state index contributed by atoms with van der Waals surface area (Å²) in [5.41, 5.74) is 7.35. The van der Waals surface area contributed by atoms with E-state index in [1.807, 2.05) is 19.9 Å². The molecule has 3 N–H and O–H groups in total. The number of hydrogen-bond donors (Lipinski definition) is 2. The Kier molecular flexibility index (Phi) is 4.90. The van der Waals surface area contributed by atoms with E-state index >= 15 is 0 Å². The molecule has 1 amide bonds. The van der Waals surface area contributed by atoms with Crippen LogP contribution in [0.1, 0.15) is 41.4 Å². The Morgan fingerprint density at radius 2 is 2.17 bits per heavy atom. The van der Waals surface area contributed by atoms with E-state index in [0.29, 0.717) is 0 Å². The normalized spacial score (nSPS) is 11.7. The molecule has 0 aliphatic rings. The number of nitrogens with zero attached hydrogens (tertiary/aromatic N) is 2. The van der Waals surface area contributed by atoms with E-state index in [-0.39, 0.29) is 23.0 Å². The van der Waals surface area contributed by atoms with Gasteiger partial charge in [0.15, 0.2) is 0 Å². The van der Waals surface area contributed by atoms with E-state index in [9.17, 15) is 14.9 Å². The van der Waals surface area contributed by atoms with Crippen LogP contribution < -0.4 is 11.1 Å². The third kappa shape index (κ3) is 3.45. The van der Waals surface area contributed by atoms with Crippen molar-refractivity contribution in [2.75, 3.05) is 5.73 Å². The SMILES string of the molecule is CCc1cnccc1[C@H](C)NC(=O)c1c(N)cccc1[N+](=O)[O-]. The second kappa shape index (κ2) is 6.87. The van der Waals surface area contributed by atoms with Crippen molar-refractivity contribution in [3.63, 3.8) is 0 Å². The van der Waals surface area contributed by atoms with Crippen molar-refractivity contribution in [1.29, 1.82) is 0 Å². The molecule has 0 bridgehead atoms. The van der Waals surface area contributed by atoms with Gasteiger partial charge in [0.2, 0.25) is 0 Å². The number of nitro groups is 1. The minimum Gasteiger partial charge on any atom is -0.398 e. The van der Waals surface area contributed by atoms with Gasteiger partial charge in [-0.15, -0.1) is 0 Å². The number of nitro benzene ring substituents is 1. The Labute approximate surface area is 133 Å². The minimum absolute atomic E-state index is 0.0781. The molecule has 0 aliphatic carbocycles. The first kappa shape index (κ1) is 16.4. The van der Waals surface area contributed by atoms with Crippen molar-refractivity contribution >= 4 is 17.3 Å². The number of rotatable bonds is 5. The van der Waals surface area contributed by atoms with Crippen LogP contribution in [0.4, 0.5) is 11.4 Å². The molecule has 0 radical (unpaired) electrons. The summed E-state index contributed by atoms with van der Waals surface area (Å²) in [6.07, 6.45) is 4.17. The molecule has 0 spiro atoms. The van der Waals surface area contributed by atoms with Gasteiger partial charge < -0.3 is 11.1 Å². The van der Waals surface area contributed by atoms with E-state index in [1.54, 1.807) is 12.4 Å². The highest BCUT2D eigenvalue weighted by molar-refractivity contribution is 6.03. The van der Waals surface area contributed by atoms with Gasteiger partial charge in [0.25, 0.3) is 11.6 Å². The number of carbonyl (C=O) groups excluding carboxylic acids is 1. The van der Waals surface area contributed by atoms with E-state index in [1.165, 1.54) is 18.2 Å². The fraction of sp³-hybridized carbons (Fsp3) is 0.250. The Bertz CT molecular complexity index is 746. The van der Waals surface area contributed by atoms with Gasteiger partial charge in [0.1, 0.15) is 5.56 Å². The maximum absolute atomic E-state index is 12.5. The summed E-state index contributed by atoms with van der Waals surface area (Å²) in [5.74, 6) is -0.568. The monoisotopic (exact) mass is 314 g/mol. The van der Waals surface area contributed by atoms with E-state index in [2.05, 4.69) is 10.3 Å². The Morgan fingerprint density at radius 3 is 2.83 bits per heavy atom. The lowest BCUT2D eigenvalue weighted by Crippen LogP contribution is -2.28. The molecular formula is C16H18N4O3. The van der Waals surface area contributed by atoms with E-state index in [4.69, 9.17) is 5.73 Å². The molecule has 2 aromatic rings.